The molecule has 2 rings (SSSR count). The Morgan fingerprint density at radius 3 is 2.46 bits per heavy atom. The lowest BCUT2D eigenvalue weighted by Crippen LogP contribution is -2.17. The minimum Gasteiger partial charge on any atom is -0.490 e. The summed E-state index contributed by atoms with van der Waals surface area (Å²) in [4.78, 5) is 23.5. The van der Waals surface area contributed by atoms with Crippen LogP contribution in [0.2, 0.25) is 5.02 Å². The zero-order valence-electron chi connectivity index (χ0n) is 15.6. The van der Waals surface area contributed by atoms with Gasteiger partial charge in [-0.25, -0.2) is 10.2 Å². The number of hydrazone groups is 1. The third kappa shape index (κ3) is 6.59. The maximum absolute atomic E-state index is 12.0. The van der Waals surface area contributed by atoms with Gasteiger partial charge < -0.3 is 14.2 Å². The normalized spacial score (nSPS) is 10.5. The Bertz CT molecular complexity index is 837. The molecule has 2 aromatic carbocycles. The molecule has 0 saturated carbocycles. The second-order valence-electron chi connectivity index (χ2n) is 5.44. The fourth-order valence-electron chi connectivity index (χ4n) is 2.16. The summed E-state index contributed by atoms with van der Waals surface area (Å²) in [6.07, 6.45) is 1.48. The van der Waals surface area contributed by atoms with E-state index in [0.717, 1.165) is 0 Å². The molecule has 7 nitrogen and oxygen atoms in total. The first-order chi connectivity index (χ1) is 13.5. The van der Waals surface area contributed by atoms with E-state index < -0.39 is 5.97 Å². The minimum atomic E-state index is -0.458. The second-order valence-corrected chi connectivity index (χ2v) is 5.88. The van der Waals surface area contributed by atoms with Crippen LogP contribution < -0.4 is 14.9 Å². The van der Waals surface area contributed by atoms with Crippen LogP contribution in [0.4, 0.5) is 0 Å². The van der Waals surface area contributed by atoms with Crippen molar-refractivity contribution in [1.29, 1.82) is 0 Å². The monoisotopic (exact) mass is 404 g/mol. The van der Waals surface area contributed by atoms with Crippen molar-refractivity contribution in [3.05, 3.63) is 58.6 Å². The molecule has 0 aliphatic heterocycles. The lowest BCUT2D eigenvalue weighted by atomic mass is 10.2. The number of carbonyl (C=O) groups is 2. The molecule has 1 amide bonds. The molecule has 2 aromatic rings. The van der Waals surface area contributed by atoms with Gasteiger partial charge in [0.1, 0.15) is 0 Å². The number of nitrogens with one attached hydrogen (secondary N) is 1. The summed E-state index contributed by atoms with van der Waals surface area (Å²) >= 11 is 5.80. The summed E-state index contributed by atoms with van der Waals surface area (Å²) in [5.41, 5.74) is 3.57. The van der Waals surface area contributed by atoms with Crippen LogP contribution in [-0.4, -0.2) is 37.9 Å². The van der Waals surface area contributed by atoms with Gasteiger partial charge in [0.2, 0.25) is 0 Å². The van der Waals surface area contributed by atoms with E-state index >= 15 is 0 Å². The number of esters is 1. The highest BCUT2D eigenvalue weighted by atomic mass is 35.5. The Balaban J connectivity index is 2.01. The third-order valence-electron chi connectivity index (χ3n) is 3.40. The fraction of sp³-hybridized carbons (Fsp3) is 0.250. The van der Waals surface area contributed by atoms with Crippen molar-refractivity contribution in [2.45, 2.75) is 13.8 Å². The highest BCUT2D eigenvalue weighted by molar-refractivity contribution is 6.30. The van der Waals surface area contributed by atoms with Crippen LogP contribution in [0.5, 0.6) is 11.5 Å². The van der Waals surface area contributed by atoms with Crippen molar-refractivity contribution in [3.8, 4) is 11.5 Å². The maximum Gasteiger partial charge on any atom is 0.344 e. The SMILES string of the molecule is CCOC(=O)COc1ccc(/C=N\NC(=O)c2ccc(Cl)cc2)cc1OCC. The van der Waals surface area contributed by atoms with Crippen LogP contribution in [0.15, 0.2) is 47.6 Å². The lowest BCUT2D eigenvalue weighted by molar-refractivity contribution is -0.145. The van der Waals surface area contributed by atoms with Crippen LogP contribution in [0.3, 0.4) is 0 Å². The van der Waals surface area contributed by atoms with Crippen LogP contribution in [-0.2, 0) is 9.53 Å². The molecule has 0 heterocycles. The molecule has 0 bridgehead atoms. The van der Waals surface area contributed by atoms with Crippen molar-refractivity contribution in [2.24, 2.45) is 5.10 Å². The van der Waals surface area contributed by atoms with Gasteiger partial charge in [-0.05, 0) is 61.9 Å². The molecule has 0 aromatic heterocycles. The van der Waals surface area contributed by atoms with E-state index in [1.807, 2.05) is 6.92 Å². The van der Waals surface area contributed by atoms with Gasteiger partial charge in [0.15, 0.2) is 18.1 Å². The van der Waals surface area contributed by atoms with Gasteiger partial charge in [-0.15, -0.1) is 0 Å². The predicted molar refractivity (Wildman–Crippen MR) is 106 cm³/mol. The van der Waals surface area contributed by atoms with Crippen LogP contribution in [0.1, 0.15) is 29.8 Å². The first-order valence-corrected chi connectivity index (χ1v) is 9.05. The third-order valence-corrected chi connectivity index (χ3v) is 3.66. The summed E-state index contributed by atoms with van der Waals surface area (Å²) in [7, 11) is 0. The molecular formula is C20H21ClN2O5. The molecule has 148 valence electrons. The summed E-state index contributed by atoms with van der Waals surface area (Å²) in [6.45, 7) is 4.06. The first kappa shape index (κ1) is 21.2. The zero-order valence-corrected chi connectivity index (χ0v) is 16.4. The molecule has 0 saturated heterocycles. The Morgan fingerprint density at radius 1 is 1.04 bits per heavy atom. The molecule has 0 aliphatic carbocycles. The summed E-state index contributed by atoms with van der Waals surface area (Å²) in [5.74, 6) is 0.0601. The minimum absolute atomic E-state index is 0.210. The number of benzene rings is 2. The zero-order chi connectivity index (χ0) is 20.4. The Morgan fingerprint density at radius 2 is 1.79 bits per heavy atom. The molecular weight excluding hydrogens is 384 g/mol. The first-order valence-electron chi connectivity index (χ1n) is 8.67. The number of hydrogen-bond acceptors (Lipinski definition) is 6. The fourth-order valence-corrected chi connectivity index (χ4v) is 2.29. The van der Waals surface area contributed by atoms with Gasteiger partial charge in [0.25, 0.3) is 5.91 Å². The number of halogens is 1. The van der Waals surface area contributed by atoms with Crippen LogP contribution in [0.25, 0.3) is 0 Å². The smallest absolute Gasteiger partial charge is 0.344 e. The number of amides is 1. The highest BCUT2D eigenvalue weighted by Crippen LogP contribution is 2.28. The lowest BCUT2D eigenvalue weighted by Gasteiger charge is -2.12. The number of hydrogen-bond donors (Lipinski definition) is 1. The van der Waals surface area contributed by atoms with Gasteiger partial charge in [-0.3, -0.25) is 4.79 Å². The summed E-state index contributed by atoms with van der Waals surface area (Å²) in [5, 5.41) is 4.49. The van der Waals surface area contributed by atoms with Crippen molar-refractivity contribution < 1.29 is 23.8 Å². The predicted octanol–water partition coefficient (Wildman–Crippen LogP) is 3.44. The number of carbonyl (C=O) groups excluding carboxylic acids is 2. The molecule has 0 radical (unpaired) electrons. The maximum atomic E-state index is 12.0. The average molecular weight is 405 g/mol. The van der Waals surface area contributed by atoms with E-state index in [1.54, 1.807) is 49.4 Å². The molecule has 0 unspecified atom stereocenters. The number of rotatable bonds is 9. The summed E-state index contributed by atoms with van der Waals surface area (Å²) < 4.78 is 15.8. The Kier molecular flexibility index (Phi) is 8.30. The Labute approximate surface area is 168 Å². The molecule has 28 heavy (non-hydrogen) atoms. The Hall–Kier alpha value is -3.06. The van der Waals surface area contributed by atoms with E-state index in [-0.39, 0.29) is 19.1 Å². The molecule has 1 N–H and O–H groups in total. The van der Waals surface area contributed by atoms with Crippen molar-refractivity contribution in [3.63, 3.8) is 0 Å². The van der Waals surface area contributed by atoms with Crippen molar-refractivity contribution in [2.75, 3.05) is 19.8 Å². The highest BCUT2D eigenvalue weighted by Gasteiger charge is 2.09. The molecule has 0 aliphatic rings. The van der Waals surface area contributed by atoms with Gasteiger partial charge in [-0.1, -0.05) is 11.6 Å². The van der Waals surface area contributed by atoms with Gasteiger partial charge >= 0.3 is 5.97 Å². The van der Waals surface area contributed by atoms with E-state index in [2.05, 4.69) is 10.5 Å². The second kappa shape index (κ2) is 10.9. The summed E-state index contributed by atoms with van der Waals surface area (Å²) in [6, 6.07) is 11.6. The quantitative estimate of drug-likeness (QED) is 0.393. The molecule has 0 spiro atoms. The number of ether oxygens (including phenoxy) is 3. The van der Waals surface area contributed by atoms with Gasteiger partial charge in [-0.2, -0.15) is 5.10 Å². The molecule has 8 heteroatoms. The number of nitrogens with zero attached hydrogens (tertiary/aromatic N) is 1. The topological polar surface area (TPSA) is 86.2 Å². The van der Waals surface area contributed by atoms with Crippen LogP contribution >= 0.6 is 11.6 Å². The van der Waals surface area contributed by atoms with Crippen LogP contribution in [0, 0.1) is 0 Å². The molecule has 0 atom stereocenters. The standard InChI is InChI=1S/C20H21ClN2O5/c1-3-26-18-11-14(5-10-17(18)28-13-19(24)27-4-2)12-22-23-20(25)15-6-8-16(21)9-7-15/h5-12H,3-4,13H2,1-2H3,(H,23,25)/b22-12-. The van der Waals surface area contributed by atoms with Gasteiger partial charge in [0, 0.05) is 10.6 Å². The largest absolute Gasteiger partial charge is 0.490 e. The van der Waals surface area contributed by atoms with E-state index in [9.17, 15) is 9.59 Å². The molecule has 0 fully saturated rings. The van der Waals surface area contributed by atoms with E-state index in [1.165, 1.54) is 6.21 Å². The van der Waals surface area contributed by atoms with Crippen molar-refractivity contribution in [1.82, 2.24) is 5.43 Å². The van der Waals surface area contributed by atoms with E-state index in [0.29, 0.717) is 34.3 Å². The van der Waals surface area contributed by atoms with Crippen molar-refractivity contribution >= 4 is 29.7 Å². The van der Waals surface area contributed by atoms with Gasteiger partial charge in [0.05, 0.1) is 19.4 Å². The average Bonchev–Trinajstić information content (AvgIpc) is 2.68. The van der Waals surface area contributed by atoms with E-state index in [4.69, 9.17) is 25.8 Å².